The summed E-state index contributed by atoms with van der Waals surface area (Å²) in [5.41, 5.74) is 1.13. The second-order valence-corrected chi connectivity index (χ2v) is 8.85. The van der Waals surface area contributed by atoms with Crippen molar-refractivity contribution in [2.45, 2.75) is 42.7 Å². The SMILES string of the molecule is CN=C(NCCS(=O)Cc1ccccc1)NC1CCCC(SC)C1.I. The molecule has 3 unspecified atom stereocenters. The van der Waals surface area contributed by atoms with Crippen molar-refractivity contribution < 1.29 is 4.21 Å². The molecule has 4 nitrogen and oxygen atoms in total. The van der Waals surface area contributed by atoms with E-state index in [1.807, 2.05) is 42.1 Å². The molecule has 1 aromatic carbocycles. The zero-order chi connectivity index (χ0) is 17.2. The topological polar surface area (TPSA) is 53.5 Å². The smallest absolute Gasteiger partial charge is 0.191 e. The molecule has 0 radical (unpaired) electrons. The maximum absolute atomic E-state index is 12.2. The van der Waals surface area contributed by atoms with Crippen LogP contribution in [0.15, 0.2) is 35.3 Å². The van der Waals surface area contributed by atoms with Crippen LogP contribution < -0.4 is 10.6 Å². The Balaban J connectivity index is 0.00000312. The molecule has 0 heterocycles. The molecule has 0 aliphatic heterocycles. The quantitative estimate of drug-likeness (QED) is 0.346. The Bertz CT molecular complexity index is 542. The van der Waals surface area contributed by atoms with E-state index in [2.05, 4.69) is 21.9 Å². The summed E-state index contributed by atoms with van der Waals surface area (Å²) in [4.78, 5) is 4.30. The van der Waals surface area contributed by atoms with Crippen LogP contribution in [-0.2, 0) is 16.6 Å². The van der Waals surface area contributed by atoms with Crippen molar-refractivity contribution in [3.05, 3.63) is 35.9 Å². The van der Waals surface area contributed by atoms with E-state index in [4.69, 9.17) is 0 Å². The predicted octanol–water partition coefficient (Wildman–Crippen LogP) is 3.39. The maximum Gasteiger partial charge on any atom is 0.191 e. The van der Waals surface area contributed by atoms with Crippen LogP contribution in [0.4, 0.5) is 0 Å². The maximum atomic E-state index is 12.2. The fraction of sp³-hybridized carbons (Fsp3) is 0.611. The van der Waals surface area contributed by atoms with Crippen molar-refractivity contribution in [1.82, 2.24) is 10.6 Å². The number of aliphatic imine (C=N–C) groups is 1. The molecule has 1 fully saturated rings. The largest absolute Gasteiger partial charge is 0.355 e. The van der Waals surface area contributed by atoms with Gasteiger partial charge in [-0.2, -0.15) is 11.8 Å². The van der Waals surface area contributed by atoms with Gasteiger partial charge in [0.05, 0.1) is 0 Å². The summed E-state index contributed by atoms with van der Waals surface area (Å²) in [5.74, 6) is 2.08. The van der Waals surface area contributed by atoms with Gasteiger partial charge in [-0.25, -0.2) is 0 Å². The summed E-state index contributed by atoms with van der Waals surface area (Å²) in [6, 6.07) is 10.5. The van der Waals surface area contributed by atoms with Gasteiger partial charge >= 0.3 is 0 Å². The first-order chi connectivity index (χ1) is 11.7. The Morgan fingerprint density at radius 2 is 2.08 bits per heavy atom. The van der Waals surface area contributed by atoms with Gasteiger partial charge < -0.3 is 10.6 Å². The van der Waals surface area contributed by atoms with Crippen molar-refractivity contribution in [2.24, 2.45) is 4.99 Å². The van der Waals surface area contributed by atoms with Crippen molar-refractivity contribution in [3.8, 4) is 0 Å². The van der Waals surface area contributed by atoms with Gasteiger partial charge in [-0.05, 0) is 31.1 Å². The Hall–Kier alpha value is -0.280. The molecule has 1 saturated carbocycles. The number of benzene rings is 1. The number of guanidine groups is 1. The molecule has 2 N–H and O–H groups in total. The molecule has 2 rings (SSSR count). The first kappa shape index (κ1) is 22.8. The lowest BCUT2D eigenvalue weighted by Gasteiger charge is -2.29. The van der Waals surface area contributed by atoms with Gasteiger partial charge in [-0.3, -0.25) is 9.20 Å². The van der Waals surface area contributed by atoms with Crippen LogP contribution in [-0.4, -0.2) is 47.1 Å². The third-order valence-corrected chi connectivity index (χ3v) is 6.73. The Morgan fingerprint density at radius 1 is 1.32 bits per heavy atom. The van der Waals surface area contributed by atoms with Crippen LogP contribution in [0, 0.1) is 0 Å². The lowest BCUT2D eigenvalue weighted by atomic mass is 9.95. The normalized spacial score (nSPS) is 21.9. The minimum atomic E-state index is -0.852. The van der Waals surface area contributed by atoms with E-state index >= 15 is 0 Å². The lowest BCUT2D eigenvalue weighted by molar-refractivity contribution is 0.419. The van der Waals surface area contributed by atoms with Crippen LogP contribution >= 0.6 is 35.7 Å². The van der Waals surface area contributed by atoms with Crippen LogP contribution in [0.2, 0.25) is 0 Å². The lowest BCUT2D eigenvalue weighted by Crippen LogP contribution is -2.46. The third-order valence-electron chi connectivity index (χ3n) is 4.32. The molecule has 142 valence electrons. The molecule has 0 amide bonds. The Kier molecular flexibility index (Phi) is 11.8. The zero-order valence-corrected chi connectivity index (χ0v) is 19.0. The Labute approximate surface area is 175 Å². The van der Waals surface area contributed by atoms with E-state index < -0.39 is 10.8 Å². The molecule has 0 bridgehead atoms. The van der Waals surface area contributed by atoms with E-state index in [-0.39, 0.29) is 24.0 Å². The van der Waals surface area contributed by atoms with Crippen molar-refractivity contribution in [2.75, 3.05) is 25.6 Å². The van der Waals surface area contributed by atoms with Gasteiger partial charge in [0, 0.05) is 47.2 Å². The van der Waals surface area contributed by atoms with Crippen LogP contribution in [0.3, 0.4) is 0 Å². The highest BCUT2D eigenvalue weighted by Crippen LogP contribution is 2.26. The highest BCUT2D eigenvalue weighted by molar-refractivity contribution is 14.0. The predicted molar refractivity (Wildman–Crippen MR) is 123 cm³/mol. The molecule has 25 heavy (non-hydrogen) atoms. The molecule has 0 saturated heterocycles. The Morgan fingerprint density at radius 3 is 2.76 bits per heavy atom. The number of halogens is 1. The van der Waals surface area contributed by atoms with E-state index in [0.29, 0.717) is 24.1 Å². The van der Waals surface area contributed by atoms with E-state index in [1.54, 1.807) is 7.05 Å². The van der Waals surface area contributed by atoms with Crippen LogP contribution in [0.5, 0.6) is 0 Å². The van der Waals surface area contributed by atoms with Gasteiger partial charge in [0.1, 0.15) is 0 Å². The molecule has 1 aliphatic rings. The van der Waals surface area contributed by atoms with E-state index in [9.17, 15) is 4.21 Å². The summed E-state index contributed by atoms with van der Waals surface area (Å²) in [6.07, 6.45) is 7.20. The summed E-state index contributed by atoms with van der Waals surface area (Å²) in [7, 11) is 0.945. The first-order valence-corrected chi connectivity index (χ1v) is 11.4. The second-order valence-electron chi connectivity index (χ2n) is 6.14. The number of hydrogen-bond acceptors (Lipinski definition) is 3. The van der Waals surface area contributed by atoms with Gasteiger partial charge in [-0.15, -0.1) is 24.0 Å². The molecular weight excluding hydrogens is 465 g/mol. The third kappa shape index (κ3) is 8.77. The van der Waals surface area contributed by atoms with Crippen LogP contribution in [0.25, 0.3) is 0 Å². The summed E-state index contributed by atoms with van der Waals surface area (Å²) in [5, 5.41) is 7.58. The second kappa shape index (κ2) is 13.0. The van der Waals surface area contributed by atoms with Crippen molar-refractivity contribution in [1.29, 1.82) is 0 Å². The molecule has 1 aromatic rings. The van der Waals surface area contributed by atoms with Crippen molar-refractivity contribution in [3.63, 3.8) is 0 Å². The summed E-state index contributed by atoms with van der Waals surface area (Å²) >= 11 is 1.97. The molecule has 7 heteroatoms. The van der Waals surface area contributed by atoms with Crippen LogP contribution in [0.1, 0.15) is 31.2 Å². The number of rotatable bonds is 7. The zero-order valence-electron chi connectivity index (χ0n) is 15.1. The minimum Gasteiger partial charge on any atom is -0.355 e. The first-order valence-electron chi connectivity index (χ1n) is 8.60. The van der Waals surface area contributed by atoms with Crippen molar-refractivity contribution >= 4 is 52.5 Å². The highest BCUT2D eigenvalue weighted by Gasteiger charge is 2.21. The van der Waals surface area contributed by atoms with Gasteiger partial charge in [0.2, 0.25) is 0 Å². The average Bonchev–Trinajstić information content (AvgIpc) is 2.62. The van der Waals surface area contributed by atoms with Gasteiger partial charge in [0.25, 0.3) is 0 Å². The van der Waals surface area contributed by atoms with Gasteiger partial charge in [-0.1, -0.05) is 36.8 Å². The molecule has 3 atom stereocenters. The minimum absolute atomic E-state index is 0. The number of thioether (sulfide) groups is 1. The summed E-state index contributed by atoms with van der Waals surface area (Å²) < 4.78 is 12.2. The highest BCUT2D eigenvalue weighted by atomic mass is 127. The number of nitrogens with one attached hydrogen (secondary N) is 2. The molecule has 0 aromatic heterocycles. The fourth-order valence-corrected chi connectivity index (χ4v) is 4.86. The van der Waals surface area contributed by atoms with Gasteiger partial charge in [0.15, 0.2) is 5.96 Å². The standard InChI is InChI=1S/C18H29N3OS2.HI/c1-19-18(21-16-9-6-10-17(13-16)23-2)20-11-12-24(22)14-15-7-4-3-5-8-15;/h3-5,7-8,16-17H,6,9-14H2,1-2H3,(H2,19,20,21);1H. The van der Waals surface area contributed by atoms with E-state index in [1.165, 1.54) is 25.7 Å². The molecule has 1 aliphatic carbocycles. The monoisotopic (exact) mass is 495 g/mol. The summed E-state index contributed by atoms with van der Waals surface area (Å²) in [6.45, 7) is 0.678. The van der Waals surface area contributed by atoms with E-state index in [0.717, 1.165) is 16.8 Å². The average molecular weight is 495 g/mol. The number of nitrogens with zero attached hydrogens (tertiary/aromatic N) is 1. The fourth-order valence-electron chi connectivity index (χ4n) is 2.99. The number of hydrogen-bond donors (Lipinski definition) is 2. The molecule has 0 spiro atoms. The molecular formula is C18H30IN3OS2.